The van der Waals surface area contributed by atoms with E-state index in [1.807, 2.05) is 0 Å². The topological polar surface area (TPSA) is 111 Å². The highest BCUT2D eigenvalue weighted by Crippen LogP contribution is 2.66. The zero-order valence-corrected chi connectivity index (χ0v) is 15.7. The van der Waals surface area contributed by atoms with Gasteiger partial charge in [0.2, 0.25) is 0 Å². The van der Waals surface area contributed by atoms with Crippen LogP contribution >= 0.6 is 0 Å². The van der Waals surface area contributed by atoms with E-state index in [-0.39, 0.29) is 5.78 Å². The minimum atomic E-state index is -1.98. The van der Waals surface area contributed by atoms with Gasteiger partial charge in [-0.3, -0.25) is 19.8 Å². The van der Waals surface area contributed by atoms with Crippen LogP contribution in [0, 0.1) is 10.1 Å². The smallest absolute Gasteiger partial charge is 0.287 e. The molecule has 1 aromatic rings. The summed E-state index contributed by atoms with van der Waals surface area (Å²) in [5, 5.41) is 23.8. The first-order valence-corrected chi connectivity index (χ1v) is 9.07. The lowest BCUT2D eigenvalue weighted by Crippen LogP contribution is -2.82. The number of aliphatic hydroxyl groups is 1. The highest BCUT2D eigenvalue weighted by molar-refractivity contribution is 6.06. The average Bonchev–Trinajstić information content (AvgIpc) is 3.02. The van der Waals surface area contributed by atoms with Gasteiger partial charge in [0, 0.05) is 22.6 Å². The Kier molecular flexibility index (Phi) is 3.26. The second kappa shape index (κ2) is 5.24. The highest BCUT2D eigenvalue weighted by atomic mass is 16.6. The molecule has 4 aliphatic rings. The van der Waals surface area contributed by atoms with Crippen LogP contribution in [0.3, 0.4) is 0 Å². The number of methoxy groups -OCH3 is 2. The fourth-order valence-corrected chi connectivity index (χ4v) is 5.96. The lowest BCUT2D eigenvalue weighted by molar-refractivity contribution is -0.607. The van der Waals surface area contributed by atoms with Crippen LogP contribution in [0.1, 0.15) is 22.3 Å². The van der Waals surface area contributed by atoms with Crippen molar-refractivity contribution in [3.63, 3.8) is 0 Å². The van der Waals surface area contributed by atoms with Crippen LogP contribution < -0.4 is 9.47 Å². The number of likely N-dealkylation sites (N-methyl/N-ethyl adjacent to an activating group) is 1. The molecule has 28 heavy (non-hydrogen) atoms. The van der Waals surface area contributed by atoms with E-state index in [0.717, 1.165) is 0 Å². The van der Waals surface area contributed by atoms with Gasteiger partial charge in [0.25, 0.3) is 5.54 Å². The summed E-state index contributed by atoms with van der Waals surface area (Å²) in [6.07, 6.45) is -0.682. The maximum atomic E-state index is 13.5. The molecular weight excluding hydrogens is 368 g/mol. The predicted molar refractivity (Wildman–Crippen MR) is 95.3 cm³/mol. The van der Waals surface area contributed by atoms with Crippen molar-refractivity contribution in [1.29, 1.82) is 0 Å². The Morgan fingerprint density at radius 2 is 2.11 bits per heavy atom. The van der Waals surface area contributed by atoms with E-state index in [9.17, 15) is 20.0 Å². The molecule has 5 rings (SSSR count). The average molecular weight is 388 g/mol. The SMILES string of the molecule is COC1=C[C@H](O)[C@@]2([N+](=O)[O-])[C@H]3C(=O)c4ccc(OC)c5c4[C@@]2(CCN3C)[C@H]1O5. The normalized spacial score (nSPS) is 37.6. The molecule has 2 heterocycles. The number of ketones is 1. The van der Waals surface area contributed by atoms with E-state index < -0.39 is 34.1 Å². The number of hydrogen-bond acceptors (Lipinski definition) is 8. The van der Waals surface area contributed by atoms with E-state index in [0.29, 0.717) is 41.4 Å². The standard InChI is InChI=1S/C19H20N2O7/c1-20-7-6-18-13-9-4-5-10(26-2)15(13)28-17(18)11(27-3)8-12(22)19(18,21(24)25)16(20)14(9)23/h4-5,8,12,16-17,22H,6-7H2,1-3H3/t12-,16+,17-,18-,19+/m0/s1. The lowest BCUT2D eigenvalue weighted by atomic mass is 9.47. The number of rotatable bonds is 3. The molecule has 1 spiro atoms. The van der Waals surface area contributed by atoms with E-state index in [2.05, 4.69) is 0 Å². The Bertz CT molecular complexity index is 960. The van der Waals surface area contributed by atoms with Gasteiger partial charge in [-0.2, -0.15) is 0 Å². The van der Waals surface area contributed by atoms with Crippen molar-refractivity contribution < 1.29 is 29.0 Å². The number of aliphatic hydroxyl groups excluding tert-OH is 1. The highest BCUT2D eigenvalue weighted by Gasteiger charge is 2.84. The number of nitrogens with zero attached hydrogens (tertiary/aromatic N) is 2. The van der Waals surface area contributed by atoms with Crippen LogP contribution in [-0.4, -0.2) is 72.3 Å². The summed E-state index contributed by atoms with van der Waals surface area (Å²) in [7, 11) is 4.61. The number of likely N-dealkylation sites (tertiary alicyclic amines) is 1. The van der Waals surface area contributed by atoms with Gasteiger partial charge in [-0.15, -0.1) is 0 Å². The van der Waals surface area contributed by atoms with E-state index in [4.69, 9.17) is 14.2 Å². The second-order valence-corrected chi connectivity index (χ2v) is 7.79. The van der Waals surface area contributed by atoms with Crippen molar-refractivity contribution in [3.05, 3.63) is 45.2 Å². The molecule has 9 heteroatoms. The summed E-state index contributed by atoms with van der Waals surface area (Å²) < 4.78 is 17.1. The Labute approximate surface area is 160 Å². The van der Waals surface area contributed by atoms with Crippen molar-refractivity contribution in [1.82, 2.24) is 4.90 Å². The number of piperidine rings is 1. The van der Waals surface area contributed by atoms with Crippen LogP contribution in [0.2, 0.25) is 0 Å². The van der Waals surface area contributed by atoms with Gasteiger partial charge in [0.1, 0.15) is 23.3 Å². The van der Waals surface area contributed by atoms with Gasteiger partial charge in [-0.1, -0.05) is 0 Å². The largest absolute Gasteiger partial charge is 0.497 e. The molecule has 0 aromatic heterocycles. The van der Waals surface area contributed by atoms with Crippen molar-refractivity contribution >= 4 is 5.78 Å². The Morgan fingerprint density at radius 1 is 1.36 bits per heavy atom. The number of benzene rings is 1. The van der Waals surface area contributed by atoms with Crippen molar-refractivity contribution in [2.75, 3.05) is 27.8 Å². The van der Waals surface area contributed by atoms with Gasteiger partial charge in [0.05, 0.1) is 14.2 Å². The molecule has 2 aliphatic heterocycles. The summed E-state index contributed by atoms with van der Waals surface area (Å²) in [5.41, 5.74) is -2.37. The predicted octanol–water partition coefficient (Wildman–Crippen LogP) is 0.515. The third kappa shape index (κ3) is 1.53. The Hall–Kier alpha value is -2.65. The molecule has 148 valence electrons. The molecule has 1 fully saturated rings. The molecule has 2 aliphatic carbocycles. The maximum absolute atomic E-state index is 13.5. The third-order valence-corrected chi connectivity index (χ3v) is 6.99. The Morgan fingerprint density at radius 3 is 2.75 bits per heavy atom. The fourth-order valence-electron chi connectivity index (χ4n) is 5.96. The van der Waals surface area contributed by atoms with Crippen LogP contribution in [-0.2, 0) is 10.2 Å². The summed E-state index contributed by atoms with van der Waals surface area (Å²) >= 11 is 0. The summed E-state index contributed by atoms with van der Waals surface area (Å²) in [6.45, 7) is 0.450. The van der Waals surface area contributed by atoms with Gasteiger partial charge in [-0.25, -0.2) is 0 Å². The van der Waals surface area contributed by atoms with Crippen molar-refractivity contribution in [3.8, 4) is 11.5 Å². The lowest BCUT2D eigenvalue weighted by Gasteiger charge is -2.58. The van der Waals surface area contributed by atoms with Crippen LogP contribution in [0.4, 0.5) is 0 Å². The quantitative estimate of drug-likeness (QED) is 0.589. The maximum Gasteiger partial charge on any atom is 0.287 e. The zero-order valence-electron chi connectivity index (χ0n) is 15.7. The molecule has 0 amide bonds. The second-order valence-electron chi connectivity index (χ2n) is 7.79. The van der Waals surface area contributed by atoms with Gasteiger partial charge >= 0.3 is 0 Å². The monoisotopic (exact) mass is 388 g/mol. The Balaban J connectivity index is 1.97. The number of ether oxygens (including phenoxy) is 3. The molecule has 5 atom stereocenters. The van der Waals surface area contributed by atoms with Gasteiger partial charge in [-0.05, 0) is 31.7 Å². The molecule has 1 N–H and O–H groups in total. The van der Waals surface area contributed by atoms with Crippen LogP contribution in [0.25, 0.3) is 0 Å². The summed E-state index contributed by atoms with van der Waals surface area (Å²) in [4.78, 5) is 27.3. The number of Topliss-reactive ketones (excluding diaryl/α,β-unsaturated/α-hetero) is 1. The molecule has 1 aromatic carbocycles. The van der Waals surface area contributed by atoms with E-state index >= 15 is 0 Å². The number of nitro groups is 1. The molecule has 1 saturated heterocycles. The van der Waals surface area contributed by atoms with E-state index in [1.54, 1.807) is 24.1 Å². The van der Waals surface area contributed by atoms with Crippen molar-refractivity contribution in [2.24, 2.45) is 0 Å². The first kappa shape index (κ1) is 17.4. The summed E-state index contributed by atoms with van der Waals surface area (Å²) in [5.74, 6) is 0.664. The number of carbonyl (C=O) groups excluding carboxylic acids is 1. The minimum absolute atomic E-state index is 0.324. The molecule has 0 radical (unpaired) electrons. The summed E-state index contributed by atoms with van der Waals surface area (Å²) in [6, 6.07) is 2.17. The number of hydrogen-bond donors (Lipinski definition) is 1. The molecule has 9 nitrogen and oxygen atoms in total. The fraction of sp³-hybridized carbons (Fsp3) is 0.526. The van der Waals surface area contributed by atoms with Crippen LogP contribution in [0.15, 0.2) is 24.0 Å². The van der Waals surface area contributed by atoms with Crippen LogP contribution in [0.5, 0.6) is 11.5 Å². The minimum Gasteiger partial charge on any atom is -0.497 e. The molecular formula is C19H20N2O7. The first-order chi connectivity index (χ1) is 13.4. The molecule has 0 saturated carbocycles. The van der Waals surface area contributed by atoms with Gasteiger partial charge < -0.3 is 19.3 Å². The third-order valence-electron chi connectivity index (χ3n) is 6.99. The van der Waals surface area contributed by atoms with E-state index in [1.165, 1.54) is 20.3 Å². The van der Waals surface area contributed by atoms with Crippen molar-refractivity contribution in [2.45, 2.75) is 35.6 Å². The number of carbonyl (C=O) groups is 1. The molecule has 2 bridgehead atoms. The van der Waals surface area contributed by atoms with Gasteiger partial charge in [0.15, 0.2) is 23.4 Å². The zero-order chi connectivity index (χ0) is 20.0. The first-order valence-electron chi connectivity index (χ1n) is 9.07. The molecule has 0 unspecified atom stereocenters.